The van der Waals surface area contributed by atoms with E-state index in [1.54, 1.807) is 12.1 Å². The van der Waals surface area contributed by atoms with Gasteiger partial charge in [0, 0.05) is 6.07 Å². The summed E-state index contributed by atoms with van der Waals surface area (Å²) in [4.78, 5) is 15.3. The molecule has 1 aromatic carbocycles. The van der Waals surface area contributed by atoms with Gasteiger partial charge in [-0.25, -0.2) is 0 Å². The van der Waals surface area contributed by atoms with Crippen molar-refractivity contribution in [1.82, 2.24) is 10.1 Å². The number of nitrogens with zero attached hydrogens (tertiary/aromatic N) is 3. The standard InChI is InChI=1S/C13H9N3O4S/c17-16(18)9-3-1-4-10(7-9)19-8-12-14-13(20-15-12)11-5-2-6-21-11/h1-7H,8H2. The summed E-state index contributed by atoms with van der Waals surface area (Å²) < 4.78 is 10.5. The molecule has 0 amide bonds. The van der Waals surface area contributed by atoms with Crippen molar-refractivity contribution in [3.63, 3.8) is 0 Å². The minimum Gasteiger partial charge on any atom is -0.485 e. The first kappa shape index (κ1) is 13.3. The average Bonchev–Trinajstić information content (AvgIpc) is 3.16. The third kappa shape index (κ3) is 3.06. The molecule has 0 bridgehead atoms. The molecule has 0 spiro atoms. The number of nitro groups is 1. The molecule has 0 aliphatic heterocycles. The number of thiophene rings is 1. The van der Waals surface area contributed by atoms with Crippen LogP contribution in [0, 0.1) is 10.1 Å². The Morgan fingerprint density at radius 1 is 1.33 bits per heavy atom. The van der Waals surface area contributed by atoms with Gasteiger partial charge in [-0.05, 0) is 17.5 Å². The van der Waals surface area contributed by atoms with Crippen LogP contribution in [0.2, 0.25) is 0 Å². The van der Waals surface area contributed by atoms with Crippen molar-refractivity contribution in [3.05, 3.63) is 57.7 Å². The quantitative estimate of drug-likeness (QED) is 0.530. The van der Waals surface area contributed by atoms with Crippen molar-refractivity contribution in [3.8, 4) is 16.5 Å². The molecule has 3 aromatic rings. The average molecular weight is 303 g/mol. The Morgan fingerprint density at radius 2 is 2.24 bits per heavy atom. The summed E-state index contributed by atoms with van der Waals surface area (Å²) in [5, 5.41) is 16.4. The Bertz CT molecular complexity index is 754. The normalized spacial score (nSPS) is 10.5. The summed E-state index contributed by atoms with van der Waals surface area (Å²) in [6.07, 6.45) is 0. The fourth-order valence-electron chi connectivity index (χ4n) is 1.65. The summed E-state index contributed by atoms with van der Waals surface area (Å²) in [6, 6.07) is 9.71. The molecule has 0 radical (unpaired) electrons. The van der Waals surface area contributed by atoms with Crippen LogP contribution in [0.25, 0.3) is 10.8 Å². The van der Waals surface area contributed by atoms with Gasteiger partial charge in [-0.3, -0.25) is 10.1 Å². The smallest absolute Gasteiger partial charge is 0.273 e. The minimum absolute atomic E-state index is 0.0279. The molecular weight excluding hydrogens is 294 g/mol. The second-order valence-corrected chi connectivity index (χ2v) is 4.98. The van der Waals surface area contributed by atoms with Crippen molar-refractivity contribution in [2.75, 3.05) is 0 Å². The van der Waals surface area contributed by atoms with E-state index in [4.69, 9.17) is 9.26 Å². The Hall–Kier alpha value is -2.74. The fourth-order valence-corrected chi connectivity index (χ4v) is 2.29. The Morgan fingerprint density at radius 3 is 3.00 bits per heavy atom. The zero-order chi connectivity index (χ0) is 14.7. The van der Waals surface area contributed by atoms with E-state index in [1.807, 2.05) is 17.5 Å². The molecule has 0 fully saturated rings. The van der Waals surface area contributed by atoms with E-state index in [-0.39, 0.29) is 12.3 Å². The second kappa shape index (κ2) is 5.71. The molecule has 0 aliphatic carbocycles. The van der Waals surface area contributed by atoms with Crippen LogP contribution in [0.1, 0.15) is 5.82 Å². The topological polar surface area (TPSA) is 91.3 Å². The Labute approximate surface area is 123 Å². The highest BCUT2D eigenvalue weighted by Gasteiger charge is 2.11. The van der Waals surface area contributed by atoms with E-state index in [2.05, 4.69) is 10.1 Å². The molecule has 2 aromatic heterocycles. The number of non-ortho nitro benzene ring substituents is 1. The number of hydrogen-bond donors (Lipinski definition) is 0. The maximum absolute atomic E-state index is 10.7. The highest BCUT2D eigenvalue weighted by atomic mass is 32.1. The summed E-state index contributed by atoms with van der Waals surface area (Å²) in [6.45, 7) is 0.0794. The van der Waals surface area contributed by atoms with Gasteiger partial charge in [0.25, 0.3) is 11.6 Å². The van der Waals surface area contributed by atoms with E-state index in [0.717, 1.165) is 4.88 Å². The van der Waals surface area contributed by atoms with Gasteiger partial charge in [0.05, 0.1) is 15.9 Å². The molecule has 0 aliphatic rings. The Kier molecular flexibility index (Phi) is 3.61. The molecule has 2 heterocycles. The lowest BCUT2D eigenvalue weighted by atomic mass is 10.3. The number of hydrogen-bond acceptors (Lipinski definition) is 7. The molecular formula is C13H9N3O4S. The third-order valence-electron chi connectivity index (χ3n) is 2.60. The molecule has 3 rings (SSSR count). The van der Waals surface area contributed by atoms with E-state index in [9.17, 15) is 10.1 Å². The van der Waals surface area contributed by atoms with Gasteiger partial charge in [0.2, 0.25) is 5.82 Å². The fraction of sp³-hybridized carbons (Fsp3) is 0.0769. The van der Waals surface area contributed by atoms with Crippen molar-refractivity contribution >= 4 is 17.0 Å². The van der Waals surface area contributed by atoms with Crippen LogP contribution in [0.15, 0.2) is 46.3 Å². The van der Waals surface area contributed by atoms with Gasteiger partial charge in [-0.1, -0.05) is 17.3 Å². The van der Waals surface area contributed by atoms with Gasteiger partial charge < -0.3 is 9.26 Å². The first-order valence-corrected chi connectivity index (χ1v) is 6.84. The predicted molar refractivity (Wildman–Crippen MR) is 75.0 cm³/mol. The number of rotatable bonds is 5. The predicted octanol–water partition coefficient (Wildman–Crippen LogP) is 3.29. The van der Waals surface area contributed by atoms with E-state index in [1.165, 1.54) is 23.5 Å². The highest BCUT2D eigenvalue weighted by Crippen LogP contribution is 2.23. The third-order valence-corrected chi connectivity index (χ3v) is 3.45. The lowest BCUT2D eigenvalue weighted by molar-refractivity contribution is -0.384. The van der Waals surface area contributed by atoms with Crippen LogP contribution in [0.3, 0.4) is 0 Å². The molecule has 7 nitrogen and oxygen atoms in total. The summed E-state index contributed by atoms with van der Waals surface area (Å²) in [5.41, 5.74) is -0.0279. The van der Waals surface area contributed by atoms with Crippen LogP contribution >= 0.6 is 11.3 Å². The highest BCUT2D eigenvalue weighted by molar-refractivity contribution is 7.13. The molecule has 0 saturated heterocycles. The van der Waals surface area contributed by atoms with E-state index < -0.39 is 4.92 Å². The van der Waals surface area contributed by atoms with Crippen molar-refractivity contribution in [2.24, 2.45) is 0 Å². The number of nitro benzene ring substituents is 1. The van der Waals surface area contributed by atoms with Crippen molar-refractivity contribution in [1.29, 1.82) is 0 Å². The van der Waals surface area contributed by atoms with Crippen LogP contribution < -0.4 is 4.74 Å². The van der Waals surface area contributed by atoms with Gasteiger partial charge in [-0.2, -0.15) is 4.98 Å². The van der Waals surface area contributed by atoms with Gasteiger partial charge in [0.15, 0.2) is 6.61 Å². The molecule has 0 atom stereocenters. The van der Waals surface area contributed by atoms with Gasteiger partial charge >= 0.3 is 0 Å². The van der Waals surface area contributed by atoms with Crippen molar-refractivity contribution in [2.45, 2.75) is 6.61 Å². The summed E-state index contributed by atoms with van der Waals surface area (Å²) in [7, 11) is 0. The molecule has 0 N–H and O–H groups in total. The molecule has 0 saturated carbocycles. The van der Waals surface area contributed by atoms with Crippen molar-refractivity contribution < 1.29 is 14.2 Å². The van der Waals surface area contributed by atoms with Crippen LogP contribution in [-0.4, -0.2) is 15.1 Å². The molecule has 21 heavy (non-hydrogen) atoms. The maximum atomic E-state index is 10.7. The lowest BCUT2D eigenvalue weighted by Crippen LogP contribution is -1.98. The Balaban J connectivity index is 1.68. The zero-order valence-electron chi connectivity index (χ0n) is 10.6. The zero-order valence-corrected chi connectivity index (χ0v) is 11.4. The monoisotopic (exact) mass is 303 g/mol. The largest absolute Gasteiger partial charge is 0.485 e. The van der Waals surface area contributed by atoms with Crippen LogP contribution in [-0.2, 0) is 6.61 Å². The van der Waals surface area contributed by atoms with E-state index >= 15 is 0 Å². The van der Waals surface area contributed by atoms with E-state index in [0.29, 0.717) is 17.5 Å². The second-order valence-electron chi connectivity index (χ2n) is 4.04. The van der Waals surface area contributed by atoms with Crippen LogP contribution in [0.5, 0.6) is 5.75 Å². The van der Waals surface area contributed by atoms with Gasteiger partial charge in [-0.15, -0.1) is 11.3 Å². The number of benzene rings is 1. The summed E-state index contributed by atoms with van der Waals surface area (Å²) in [5.74, 6) is 1.19. The molecule has 106 valence electrons. The first-order chi connectivity index (χ1) is 10.2. The SMILES string of the molecule is O=[N+]([O-])c1cccc(OCc2noc(-c3cccs3)n2)c1. The maximum Gasteiger partial charge on any atom is 0.273 e. The lowest BCUT2D eigenvalue weighted by Gasteiger charge is -2.02. The number of ether oxygens (including phenoxy) is 1. The van der Waals surface area contributed by atoms with Gasteiger partial charge in [0.1, 0.15) is 5.75 Å². The number of aromatic nitrogens is 2. The summed E-state index contributed by atoms with van der Waals surface area (Å²) >= 11 is 1.50. The molecule has 8 heteroatoms. The first-order valence-electron chi connectivity index (χ1n) is 5.96. The minimum atomic E-state index is -0.476. The molecule has 0 unspecified atom stereocenters. The van der Waals surface area contributed by atoms with Crippen LogP contribution in [0.4, 0.5) is 5.69 Å².